The minimum absolute atomic E-state index is 0.524. The fourth-order valence-corrected chi connectivity index (χ4v) is 2.79. The summed E-state index contributed by atoms with van der Waals surface area (Å²) in [6.07, 6.45) is 3.72. The zero-order chi connectivity index (χ0) is 16.8. The van der Waals surface area contributed by atoms with Crippen molar-refractivity contribution in [3.63, 3.8) is 0 Å². The van der Waals surface area contributed by atoms with Crippen LogP contribution in [0.1, 0.15) is 37.6 Å². The van der Waals surface area contributed by atoms with Crippen molar-refractivity contribution < 1.29 is 0 Å². The van der Waals surface area contributed by atoms with E-state index in [-0.39, 0.29) is 0 Å². The second-order valence-electron chi connectivity index (χ2n) is 6.63. The lowest BCUT2D eigenvalue weighted by atomic mass is 10.3. The molecule has 0 radical (unpaired) electrons. The summed E-state index contributed by atoms with van der Waals surface area (Å²) < 4.78 is 2.07. The van der Waals surface area contributed by atoms with Crippen LogP contribution in [0.3, 0.4) is 0 Å². The summed E-state index contributed by atoms with van der Waals surface area (Å²) in [6.45, 7) is 9.15. The van der Waals surface area contributed by atoms with Crippen molar-refractivity contribution >= 4 is 5.96 Å². The number of aryl methyl sites for hydroxylation is 3. The molecule has 1 saturated carbocycles. The van der Waals surface area contributed by atoms with E-state index < -0.39 is 0 Å². The Balaban J connectivity index is 1.63. The number of nitrogens with zero attached hydrogens (tertiary/aromatic N) is 4. The second kappa shape index (κ2) is 8.34. The van der Waals surface area contributed by atoms with Crippen molar-refractivity contribution in [1.82, 2.24) is 25.3 Å². The van der Waals surface area contributed by atoms with E-state index in [0.29, 0.717) is 6.04 Å². The molecule has 0 aliphatic heterocycles. The van der Waals surface area contributed by atoms with Gasteiger partial charge in [-0.2, -0.15) is 5.10 Å². The van der Waals surface area contributed by atoms with Crippen LogP contribution < -0.4 is 10.6 Å². The van der Waals surface area contributed by atoms with Crippen LogP contribution >= 0.6 is 0 Å². The van der Waals surface area contributed by atoms with Crippen LogP contribution in [0.2, 0.25) is 0 Å². The molecule has 1 aromatic rings. The van der Waals surface area contributed by atoms with Crippen LogP contribution in [-0.2, 0) is 6.54 Å². The lowest BCUT2D eigenvalue weighted by Gasteiger charge is -2.25. The normalized spacial score (nSPS) is 16.7. The van der Waals surface area contributed by atoms with E-state index >= 15 is 0 Å². The number of aliphatic imine (C=N–C) groups is 1. The van der Waals surface area contributed by atoms with Crippen molar-refractivity contribution in [1.29, 1.82) is 0 Å². The molecule has 2 N–H and O–H groups in total. The predicted molar refractivity (Wildman–Crippen MR) is 95.9 cm³/mol. The van der Waals surface area contributed by atoms with Gasteiger partial charge >= 0.3 is 0 Å². The van der Waals surface area contributed by atoms with Gasteiger partial charge in [-0.05, 0) is 53.1 Å². The van der Waals surface area contributed by atoms with E-state index in [1.54, 1.807) is 0 Å². The maximum atomic E-state index is 4.49. The third-order valence-electron chi connectivity index (χ3n) is 4.55. The Bertz CT molecular complexity index is 517. The summed E-state index contributed by atoms with van der Waals surface area (Å²) in [5.41, 5.74) is 2.31. The molecule has 1 unspecified atom stereocenters. The minimum Gasteiger partial charge on any atom is -0.356 e. The average molecular weight is 320 g/mol. The Morgan fingerprint density at radius 1 is 1.43 bits per heavy atom. The highest BCUT2D eigenvalue weighted by Gasteiger charge is 2.28. The van der Waals surface area contributed by atoms with Crippen LogP contribution in [0.15, 0.2) is 11.1 Å². The van der Waals surface area contributed by atoms with Crippen molar-refractivity contribution in [3.8, 4) is 0 Å². The summed E-state index contributed by atoms with van der Waals surface area (Å²) in [6, 6.07) is 3.43. The number of likely N-dealkylation sites (N-methyl/N-ethyl adjacent to an activating group) is 1. The fraction of sp³-hybridized carbons (Fsp3) is 0.765. The van der Waals surface area contributed by atoms with Gasteiger partial charge < -0.3 is 10.6 Å². The summed E-state index contributed by atoms with van der Waals surface area (Å²) in [4.78, 5) is 6.76. The highest BCUT2D eigenvalue weighted by molar-refractivity contribution is 5.79. The predicted octanol–water partition coefficient (Wildman–Crippen LogP) is 1.54. The van der Waals surface area contributed by atoms with E-state index in [4.69, 9.17) is 0 Å². The number of hydrogen-bond donors (Lipinski definition) is 2. The SMILES string of the molecule is CN=C(NCCCn1nc(C)cc1C)NCC(C)N(C)C1CC1. The van der Waals surface area contributed by atoms with Gasteiger partial charge in [-0.3, -0.25) is 14.6 Å². The quantitative estimate of drug-likeness (QED) is 0.433. The van der Waals surface area contributed by atoms with Crippen LogP contribution in [0.25, 0.3) is 0 Å². The van der Waals surface area contributed by atoms with Crippen LogP contribution in [0.4, 0.5) is 0 Å². The van der Waals surface area contributed by atoms with Crippen LogP contribution in [0, 0.1) is 13.8 Å². The molecule has 0 bridgehead atoms. The minimum atomic E-state index is 0.524. The van der Waals surface area contributed by atoms with Gasteiger partial charge in [0, 0.05) is 44.5 Å². The largest absolute Gasteiger partial charge is 0.356 e. The van der Waals surface area contributed by atoms with Crippen LogP contribution in [0.5, 0.6) is 0 Å². The van der Waals surface area contributed by atoms with E-state index in [2.05, 4.69) is 57.3 Å². The molecule has 6 nitrogen and oxygen atoms in total. The van der Waals surface area contributed by atoms with Gasteiger partial charge in [-0.25, -0.2) is 0 Å². The highest BCUT2D eigenvalue weighted by atomic mass is 15.3. The molecule has 1 aromatic heterocycles. The molecule has 1 fully saturated rings. The molecule has 6 heteroatoms. The maximum Gasteiger partial charge on any atom is 0.191 e. The van der Waals surface area contributed by atoms with Gasteiger partial charge in [0.15, 0.2) is 5.96 Å². The van der Waals surface area contributed by atoms with E-state index in [9.17, 15) is 0 Å². The molecule has 0 aromatic carbocycles. The Morgan fingerprint density at radius 2 is 2.17 bits per heavy atom. The first-order chi connectivity index (χ1) is 11.0. The third-order valence-corrected chi connectivity index (χ3v) is 4.55. The van der Waals surface area contributed by atoms with Gasteiger partial charge in [0.1, 0.15) is 0 Å². The number of rotatable bonds is 8. The van der Waals surface area contributed by atoms with Crippen molar-refractivity contribution in [2.75, 3.05) is 27.2 Å². The maximum absolute atomic E-state index is 4.49. The number of aromatic nitrogens is 2. The molecule has 1 heterocycles. The van der Waals surface area contributed by atoms with Gasteiger partial charge in [0.2, 0.25) is 0 Å². The molecule has 23 heavy (non-hydrogen) atoms. The smallest absolute Gasteiger partial charge is 0.191 e. The number of guanidine groups is 1. The summed E-state index contributed by atoms with van der Waals surface area (Å²) >= 11 is 0. The van der Waals surface area contributed by atoms with E-state index in [1.807, 2.05) is 14.0 Å². The van der Waals surface area contributed by atoms with Gasteiger partial charge in [-0.1, -0.05) is 0 Å². The number of hydrogen-bond acceptors (Lipinski definition) is 3. The lowest BCUT2D eigenvalue weighted by molar-refractivity contribution is 0.247. The first-order valence-electron chi connectivity index (χ1n) is 8.68. The molecule has 0 spiro atoms. The molecule has 0 amide bonds. The molecule has 130 valence electrons. The monoisotopic (exact) mass is 320 g/mol. The Kier molecular flexibility index (Phi) is 6.45. The molecule has 2 rings (SSSR count). The summed E-state index contributed by atoms with van der Waals surface area (Å²) in [5, 5.41) is 11.3. The van der Waals surface area contributed by atoms with E-state index in [0.717, 1.165) is 43.8 Å². The average Bonchev–Trinajstić information content (AvgIpc) is 3.31. The topological polar surface area (TPSA) is 57.5 Å². The molecule has 1 aliphatic carbocycles. The highest BCUT2D eigenvalue weighted by Crippen LogP contribution is 2.26. The molecular weight excluding hydrogens is 288 g/mol. The summed E-state index contributed by atoms with van der Waals surface area (Å²) in [5.74, 6) is 0.884. The zero-order valence-corrected chi connectivity index (χ0v) is 15.3. The second-order valence-corrected chi connectivity index (χ2v) is 6.63. The standard InChI is InChI=1S/C17H32N6/c1-13-11-14(2)23(21-13)10-6-9-19-17(18-4)20-12-15(3)22(5)16-7-8-16/h11,15-16H,6-10,12H2,1-5H3,(H2,18,19,20). The molecule has 0 saturated heterocycles. The Hall–Kier alpha value is -1.56. The van der Waals surface area contributed by atoms with Crippen molar-refractivity contribution in [3.05, 3.63) is 17.5 Å². The first-order valence-corrected chi connectivity index (χ1v) is 8.68. The van der Waals surface area contributed by atoms with Gasteiger partial charge in [0.05, 0.1) is 5.69 Å². The Morgan fingerprint density at radius 3 is 2.74 bits per heavy atom. The zero-order valence-electron chi connectivity index (χ0n) is 15.3. The van der Waals surface area contributed by atoms with E-state index in [1.165, 1.54) is 18.5 Å². The lowest BCUT2D eigenvalue weighted by Crippen LogP contribution is -2.45. The third kappa shape index (κ3) is 5.53. The summed E-state index contributed by atoms with van der Waals surface area (Å²) in [7, 11) is 4.04. The first kappa shape index (κ1) is 17.8. The van der Waals surface area contributed by atoms with Gasteiger partial charge in [-0.15, -0.1) is 0 Å². The van der Waals surface area contributed by atoms with Crippen molar-refractivity contribution in [2.45, 2.75) is 58.7 Å². The molecular formula is C17H32N6. The van der Waals surface area contributed by atoms with Crippen LogP contribution in [-0.4, -0.2) is 59.9 Å². The van der Waals surface area contributed by atoms with Gasteiger partial charge in [0.25, 0.3) is 0 Å². The molecule has 1 atom stereocenters. The fourth-order valence-electron chi connectivity index (χ4n) is 2.79. The molecule has 1 aliphatic rings. The number of nitrogens with one attached hydrogen (secondary N) is 2. The Labute approximate surface area is 140 Å². The van der Waals surface area contributed by atoms with Crippen molar-refractivity contribution in [2.24, 2.45) is 4.99 Å².